The van der Waals surface area contributed by atoms with Crippen molar-refractivity contribution in [3.8, 4) is 11.4 Å². The van der Waals surface area contributed by atoms with Gasteiger partial charge in [-0.15, -0.1) is 0 Å². The quantitative estimate of drug-likeness (QED) is 0.590. The van der Waals surface area contributed by atoms with Gasteiger partial charge in [0.1, 0.15) is 5.82 Å². The fourth-order valence-electron chi connectivity index (χ4n) is 3.69. The molecule has 5 nitrogen and oxygen atoms in total. The van der Waals surface area contributed by atoms with Gasteiger partial charge in [-0.1, -0.05) is 29.8 Å². The third-order valence-electron chi connectivity index (χ3n) is 5.48. The zero-order chi connectivity index (χ0) is 22.9. The number of aromatic nitrogens is 2. The van der Waals surface area contributed by atoms with Gasteiger partial charge in [0.05, 0.1) is 5.56 Å². The Morgan fingerprint density at radius 3 is 2.25 bits per heavy atom. The second kappa shape index (κ2) is 8.61. The first-order valence-electron chi connectivity index (χ1n) is 10.3. The molecule has 1 saturated heterocycles. The Bertz CT molecular complexity index is 1120. The van der Waals surface area contributed by atoms with Crippen LogP contribution in [0.25, 0.3) is 11.4 Å². The van der Waals surface area contributed by atoms with E-state index in [0.717, 1.165) is 17.7 Å². The summed E-state index contributed by atoms with van der Waals surface area (Å²) in [7, 11) is 0. The van der Waals surface area contributed by atoms with E-state index in [2.05, 4.69) is 9.97 Å². The normalized spacial score (nSPS) is 14.5. The number of alkyl halides is 3. The maximum Gasteiger partial charge on any atom is 0.416 e. The van der Waals surface area contributed by atoms with Crippen molar-refractivity contribution < 1.29 is 18.0 Å². The number of piperazine rings is 1. The molecule has 0 saturated carbocycles. The number of hydrogen-bond acceptors (Lipinski definition) is 4. The molecular weight excluding hydrogens is 417 g/mol. The van der Waals surface area contributed by atoms with Crippen LogP contribution in [-0.2, 0) is 6.18 Å². The summed E-state index contributed by atoms with van der Waals surface area (Å²) in [4.78, 5) is 25.5. The van der Waals surface area contributed by atoms with Gasteiger partial charge in [0, 0.05) is 49.1 Å². The van der Waals surface area contributed by atoms with Gasteiger partial charge in [0.2, 0.25) is 0 Å². The molecule has 1 aliphatic heterocycles. The summed E-state index contributed by atoms with van der Waals surface area (Å²) in [6.07, 6.45) is -4.43. The van der Waals surface area contributed by atoms with Crippen molar-refractivity contribution in [1.82, 2.24) is 14.9 Å². The van der Waals surface area contributed by atoms with Crippen LogP contribution < -0.4 is 4.90 Å². The van der Waals surface area contributed by atoms with Crippen molar-refractivity contribution in [3.05, 3.63) is 77.0 Å². The Labute approximate surface area is 184 Å². The zero-order valence-electron chi connectivity index (χ0n) is 17.9. The summed E-state index contributed by atoms with van der Waals surface area (Å²) in [6.45, 7) is 6.00. The Balaban J connectivity index is 1.50. The van der Waals surface area contributed by atoms with E-state index < -0.39 is 11.7 Å². The number of benzene rings is 2. The van der Waals surface area contributed by atoms with E-state index in [-0.39, 0.29) is 11.7 Å². The first-order chi connectivity index (χ1) is 15.2. The number of aryl methyl sites for hydroxylation is 2. The number of anilines is 1. The fraction of sp³-hybridized carbons (Fsp3) is 0.292. The van der Waals surface area contributed by atoms with Crippen LogP contribution >= 0.6 is 0 Å². The molecule has 2 heterocycles. The number of halogens is 3. The fourth-order valence-corrected chi connectivity index (χ4v) is 3.69. The summed E-state index contributed by atoms with van der Waals surface area (Å²) < 4.78 is 39.3. The molecule has 0 spiro atoms. The van der Waals surface area contributed by atoms with E-state index in [1.54, 1.807) is 13.0 Å². The van der Waals surface area contributed by atoms with E-state index in [1.165, 1.54) is 6.07 Å². The summed E-state index contributed by atoms with van der Waals surface area (Å²) in [5.41, 5.74) is 2.01. The molecule has 8 heteroatoms. The lowest BCUT2D eigenvalue weighted by molar-refractivity contribution is -0.137. The third-order valence-corrected chi connectivity index (χ3v) is 5.48. The van der Waals surface area contributed by atoms with Crippen LogP contribution in [0.1, 0.15) is 27.2 Å². The predicted octanol–water partition coefficient (Wildman–Crippen LogP) is 4.74. The van der Waals surface area contributed by atoms with Gasteiger partial charge < -0.3 is 9.80 Å². The summed E-state index contributed by atoms with van der Waals surface area (Å²) in [5.74, 6) is 0.893. The van der Waals surface area contributed by atoms with Crippen LogP contribution in [0, 0.1) is 13.8 Å². The highest BCUT2D eigenvalue weighted by Gasteiger charge is 2.31. The average Bonchev–Trinajstić information content (AvgIpc) is 2.78. The van der Waals surface area contributed by atoms with Crippen LogP contribution in [0.15, 0.2) is 54.6 Å². The lowest BCUT2D eigenvalue weighted by Gasteiger charge is -2.35. The molecule has 0 aliphatic carbocycles. The molecule has 1 aromatic heterocycles. The molecule has 0 N–H and O–H groups in total. The van der Waals surface area contributed by atoms with E-state index in [9.17, 15) is 18.0 Å². The van der Waals surface area contributed by atoms with Crippen molar-refractivity contribution in [1.29, 1.82) is 0 Å². The van der Waals surface area contributed by atoms with Gasteiger partial charge in [0.25, 0.3) is 5.91 Å². The lowest BCUT2D eigenvalue weighted by atomic mass is 10.1. The maximum atomic E-state index is 13.1. The molecule has 166 valence electrons. The minimum Gasteiger partial charge on any atom is -0.353 e. The van der Waals surface area contributed by atoms with Crippen LogP contribution in [-0.4, -0.2) is 47.0 Å². The minimum absolute atomic E-state index is 0.00632. The van der Waals surface area contributed by atoms with Gasteiger partial charge in [-0.2, -0.15) is 13.2 Å². The van der Waals surface area contributed by atoms with Crippen molar-refractivity contribution in [2.24, 2.45) is 0 Å². The Morgan fingerprint density at radius 1 is 0.906 bits per heavy atom. The predicted molar refractivity (Wildman–Crippen MR) is 117 cm³/mol. The standard InChI is InChI=1S/C24H23F3N4O/c1-16-6-8-18(9-7-16)23(32)31-12-10-30(11-13-31)21-14-17(2)28-22(29-21)19-4-3-5-20(15-19)24(25,26)27/h3-9,14-15H,10-13H2,1-2H3. The second-order valence-corrected chi connectivity index (χ2v) is 7.91. The second-order valence-electron chi connectivity index (χ2n) is 7.91. The van der Waals surface area contributed by atoms with Gasteiger partial charge in [0.15, 0.2) is 5.82 Å². The first kappa shape index (κ1) is 21.8. The van der Waals surface area contributed by atoms with Gasteiger partial charge in [-0.05, 0) is 38.1 Å². The van der Waals surface area contributed by atoms with E-state index in [4.69, 9.17) is 0 Å². The molecule has 0 radical (unpaired) electrons. The highest BCUT2D eigenvalue weighted by atomic mass is 19.4. The maximum absolute atomic E-state index is 13.1. The molecule has 1 fully saturated rings. The summed E-state index contributed by atoms with van der Waals surface area (Å²) in [6, 6.07) is 14.4. The Hall–Kier alpha value is -3.42. The molecule has 2 aromatic carbocycles. The lowest BCUT2D eigenvalue weighted by Crippen LogP contribution is -2.49. The Kier molecular flexibility index (Phi) is 5.86. The van der Waals surface area contributed by atoms with Crippen LogP contribution in [0.5, 0.6) is 0 Å². The molecule has 3 aromatic rings. The SMILES string of the molecule is Cc1ccc(C(=O)N2CCN(c3cc(C)nc(-c4cccc(C(F)(F)F)c4)n3)CC2)cc1. The molecule has 0 unspecified atom stereocenters. The van der Waals surface area contributed by atoms with Gasteiger partial charge in [-0.3, -0.25) is 4.79 Å². The topological polar surface area (TPSA) is 49.3 Å². The van der Waals surface area contributed by atoms with E-state index >= 15 is 0 Å². The number of carbonyl (C=O) groups is 1. The molecule has 32 heavy (non-hydrogen) atoms. The van der Waals surface area contributed by atoms with Gasteiger partial charge >= 0.3 is 6.18 Å². The number of rotatable bonds is 3. The van der Waals surface area contributed by atoms with Crippen LogP contribution in [0.2, 0.25) is 0 Å². The number of nitrogens with zero attached hydrogens (tertiary/aromatic N) is 4. The third kappa shape index (κ3) is 4.74. The molecule has 0 atom stereocenters. The largest absolute Gasteiger partial charge is 0.416 e. The smallest absolute Gasteiger partial charge is 0.353 e. The highest BCUT2D eigenvalue weighted by Crippen LogP contribution is 2.32. The monoisotopic (exact) mass is 440 g/mol. The molecule has 1 amide bonds. The van der Waals surface area contributed by atoms with Crippen LogP contribution in [0.4, 0.5) is 19.0 Å². The molecule has 0 bridgehead atoms. The highest BCUT2D eigenvalue weighted by molar-refractivity contribution is 5.94. The first-order valence-corrected chi connectivity index (χ1v) is 10.3. The van der Waals surface area contributed by atoms with Crippen molar-refractivity contribution in [2.45, 2.75) is 20.0 Å². The van der Waals surface area contributed by atoms with Crippen molar-refractivity contribution in [2.75, 3.05) is 31.1 Å². The van der Waals surface area contributed by atoms with Crippen molar-refractivity contribution >= 4 is 11.7 Å². The van der Waals surface area contributed by atoms with E-state index in [0.29, 0.717) is 48.8 Å². The average molecular weight is 440 g/mol. The summed E-state index contributed by atoms with van der Waals surface area (Å²) >= 11 is 0. The molecule has 4 rings (SSSR count). The number of carbonyl (C=O) groups excluding carboxylic acids is 1. The molecular formula is C24H23F3N4O. The van der Waals surface area contributed by atoms with Crippen LogP contribution in [0.3, 0.4) is 0 Å². The summed E-state index contributed by atoms with van der Waals surface area (Å²) in [5, 5.41) is 0. The number of hydrogen-bond donors (Lipinski definition) is 0. The molecule has 1 aliphatic rings. The minimum atomic E-state index is -4.43. The van der Waals surface area contributed by atoms with Gasteiger partial charge in [-0.25, -0.2) is 9.97 Å². The van der Waals surface area contributed by atoms with Crippen molar-refractivity contribution in [3.63, 3.8) is 0 Å². The number of amides is 1. The Morgan fingerprint density at radius 2 is 1.59 bits per heavy atom. The van der Waals surface area contributed by atoms with E-state index in [1.807, 2.05) is 47.1 Å². The zero-order valence-corrected chi connectivity index (χ0v) is 17.9.